The molecule has 0 saturated heterocycles. The van der Waals surface area contributed by atoms with Gasteiger partial charge in [-0.1, -0.05) is 29.3 Å². The molecule has 0 radical (unpaired) electrons. The summed E-state index contributed by atoms with van der Waals surface area (Å²) in [6.45, 7) is 0. The Balaban J connectivity index is 1.94. The van der Waals surface area contributed by atoms with E-state index in [0.29, 0.717) is 21.2 Å². The molecule has 0 spiro atoms. The number of rotatable bonds is 3. The number of ether oxygens (including phenoxy) is 1. The average molecular weight is 385 g/mol. The van der Waals surface area contributed by atoms with Gasteiger partial charge >= 0.3 is 5.97 Å². The van der Waals surface area contributed by atoms with E-state index >= 15 is 0 Å². The van der Waals surface area contributed by atoms with Crippen molar-refractivity contribution in [3.05, 3.63) is 69.2 Å². The first kappa shape index (κ1) is 17.3. The molecule has 0 N–H and O–H groups in total. The van der Waals surface area contributed by atoms with E-state index in [1.165, 1.54) is 12.1 Å². The van der Waals surface area contributed by atoms with Gasteiger partial charge in [-0.3, -0.25) is 0 Å². The summed E-state index contributed by atoms with van der Waals surface area (Å²) in [5, 5.41) is 0.203. The molecular formula is C17H14Cl2O4S. The fourth-order valence-electron chi connectivity index (χ4n) is 2.84. The van der Waals surface area contributed by atoms with Crippen molar-refractivity contribution in [3.63, 3.8) is 0 Å². The van der Waals surface area contributed by atoms with E-state index < -0.39 is 27.2 Å². The lowest BCUT2D eigenvalue weighted by molar-refractivity contribution is 0.0309. The van der Waals surface area contributed by atoms with Gasteiger partial charge in [-0.05, 0) is 53.9 Å². The van der Waals surface area contributed by atoms with E-state index in [-0.39, 0.29) is 6.42 Å². The molecule has 0 aliphatic heterocycles. The summed E-state index contributed by atoms with van der Waals surface area (Å²) < 4.78 is 29.8. The third-order valence-electron chi connectivity index (χ3n) is 4.03. The van der Waals surface area contributed by atoms with Crippen LogP contribution in [-0.2, 0) is 21.0 Å². The molecule has 2 atom stereocenters. The lowest BCUT2D eigenvalue weighted by Gasteiger charge is -2.19. The maximum Gasteiger partial charge on any atom is 0.338 e. The van der Waals surface area contributed by atoms with Crippen molar-refractivity contribution in [1.82, 2.24) is 0 Å². The monoisotopic (exact) mass is 384 g/mol. The molecule has 126 valence electrons. The molecule has 2 unspecified atom stereocenters. The zero-order valence-electron chi connectivity index (χ0n) is 12.7. The predicted octanol–water partition coefficient (Wildman–Crippen LogP) is 3.86. The number of sulfone groups is 1. The maximum absolute atomic E-state index is 12.4. The van der Waals surface area contributed by atoms with Crippen LogP contribution in [0.25, 0.3) is 0 Å². The number of hydrogen-bond acceptors (Lipinski definition) is 4. The van der Waals surface area contributed by atoms with Crippen LogP contribution in [0.15, 0.2) is 42.5 Å². The van der Waals surface area contributed by atoms with Crippen molar-refractivity contribution in [1.29, 1.82) is 0 Å². The third-order valence-corrected chi connectivity index (χ3v) is 6.04. The van der Waals surface area contributed by atoms with E-state index in [1.54, 1.807) is 30.3 Å². The second-order valence-electron chi connectivity index (χ2n) is 5.75. The highest BCUT2D eigenvalue weighted by molar-refractivity contribution is 7.91. The smallest absolute Gasteiger partial charge is 0.338 e. The van der Waals surface area contributed by atoms with E-state index in [9.17, 15) is 13.2 Å². The third kappa shape index (κ3) is 3.43. The summed E-state index contributed by atoms with van der Waals surface area (Å²) in [4.78, 5) is 12.4. The van der Waals surface area contributed by atoms with Gasteiger partial charge in [0.2, 0.25) is 0 Å². The maximum atomic E-state index is 12.4. The molecule has 3 rings (SSSR count). The summed E-state index contributed by atoms with van der Waals surface area (Å²) >= 11 is 11.8. The number of halogens is 2. The minimum absolute atomic E-state index is 0.271. The molecule has 1 aliphatic carbocycles. The van der Waals surface area contributed by atoms with Crippen molar-refractivity contribution >= 4 is 39.0 Å². The van der Waals surface area contributed by atoms with Gasteiger partial charge < -0.3 is 4.74 Å². The number of esters is 1. The van der Waals surface area contributed by atoms with Crippen LogP contribution in [-0.4, -0.2) is 25.9 Å². The Bertz CT molecular complexity index is 891. The molecule has 24 heavy (non-hydrogen) atoms. The van der Waals surface area contributed by atoms with Gasteiger partial charge in [0.25, 0.3) is 0 Å². The predicted molar refractivity (Wildman–Crippen MR) is 93.4 cm³/mol. The van der Waals surface area contributed by atoms with Crippen LogP contribution in [0.3, 0.4) is 0 Å². The summed E-state index contributed by atoms with van der Waals surface area (Å²) in [6, 6.07) is 11.3. The molecular weight excluding hydrogens is 371 g/mol. The molecule has 2 aromatic rings. The van der Waals surface area contributed by atoms with Crippen LogP contribution >= 0.6 is 23.2 Å². The van der Waals surface area contributed by atoms with Crippen LogP contribution in [0.5, 0.6) is 0 Å². The number of fused-ring (bicyclic) bond motifs is 1. The summed E-state index contributed by atoms with van der Waals surface area (Å²) in [5.41, 5.74) is 1.78. The zero-order valence-corrected chi connectivity index (χ0v) is 15.0. The first-order chi connectivity index (χ1) is 11.3. The number of carbonyl (C=O) groups is 1. The van der Waals surface area contributed by atoms with E-state index in [2.05, 4.69) is 0 Å². The van der Waals surface area contributed by atoms with Crippen molar-refractivity contribution in [2.75, 3.05) is 6.26 Å². The topological polar surface area (TPSA) is 60.4 Å². The van der Waals surface area contributed by atoms with Crippen LogP contribution < -0.4 is 0 Å². The van der Waals surface area contributed by atoms with Crippen molar-refractivity contribution in [2.45, 2.75) is 17.8 Å². The van der Waals surface area contributed by atoms with Gasteiger partial charge in [0.15, 0.2) is 9.84 Å². The van der Waals surface area contributed by atoms with Gasteiger partial charge in [-0.2, -0.15) is 0 Å². The van der Waals surface area contributed by atoms with Crippen LogP contribution in [0.2, 0.25) is 10.0 Å². The lowest BCUT2D eigenvalue weighted by atomic mass is 10.1. The van der Waals surface area contributed by atoms with Gasteiger partial charge in [-0.25, -0.2) is 13.2 Å². The van der Waals surface area contributed by atoms with Gasteiger partial charge in [0, 0.05) is 16.3 Å². The van der Waals surface area contributed by atoms with E-state index in [0.717, 1.165) is 11.8 Å². The fraction of sp³-hybridized carbons (Fsp3) is 0.235. The van der Waals surface area contributed by atoms with Crippen LogP contribution in [0, 0.1) is 0 Å². The quantitative estimate of drug-likeness (QED) is 0.753. The molecule has 0 heterocycles. The SMILES string of the molecule is CS(=O)(=O)C1Cc2cc(Cl)ccc2C1OC(=O)c1ccc(Cl)cc1. The molecule has 0 fully saturated rings. The molecule has 2 aromatic carbocycles. The Morgan fingerprint density at radius 1 is 1.08 bits per heavy atom. The van der Waals surface area contributed by atoms with Crippen molar-refractivity contribution < 1.29 is 17.9 Å². The Morgan fingerprint density at radius 3 is 2.33 bits per heavy atom. The summed E-state index contributed by atoms with van der Waals surface area (Å²) in [7, 11) is -3.41. The first-order valence-corrected chi connectivity index (χ1v) is 9.90. The van der Waals surface area contributed by atoms with Gasteiger partial charge in [0.1, 0.15) is 11.4 Å². The molecule has 0 aromatic heterocycles. The number of carbonyl (C=O) groups excluding carboxylic acids is 1. The highest BCUT2D eigenvalue weighted by atomic mass is 35.5. The van der Waals surface area contributed by atoms with Gasteiger partial charge in [-0.15, -0.1) is 0 Å². The summed E-state index contributed by atoms with van der Waals surface area (Å²) in [5.74, 6) is -0.590. The number of hydrogen-bond donors (Lipinski definition) is 0. The zero-order chi connectivity index (χ0) is 17.5. The summed E-state index contributed by atoms with van der Waals surface area (Å²) in [6.07, 6.45) is 0.567. The van der Waals surface area contributed by atoms with Gasteiger partial charge in [0.05, 0.1) is 5.56 Å². The molecule has 4 nitrogen and oxygen atoms in total. The largest absolute Gasteiger partial charge is 0.452 e. The fourth-order valence-corrected chi connectivity index (χ4v) is 4.29. The molecule has 1 aliphatic rings. The Labute approximate surface area is 150 Å². The standard InChI is InChI=1S/C17H14Cl2O4S/c1-24(21,22)15-9-11-8-13(19)6-7-14(11)16(15)23-17(20)10-2-4-12(18)5-3-10/h2-8,15-16H,9H2,1H3. The lowest BCUT2D eigenvalue weighted by Crippen LogP contribution is -2.28. The molecule has 0 saturated carbocycles. The molecule has 0 bridgehead atoms. The normalized spacial score (nSPS) is 19.8. The van der Waals surface area contributed by atoms with Crippen molar-refractivity contribution in [2.24, 2.45) is 0 Å². The van der Waals surface area contributed by atoms with Crippen LogP contribution in [0.4, 0.5) is 0 Å². The van der Waals surface area contributed by atoms with E-state index in [4.69, 9.17) is 27.9 Å². The van der Waals surface area contributed by atoms with Crippen molar-refractivity contribution in [3.8, 4) is 0 Å². The van der Waals surface area contributed by atoms with Crippen LogP contribution in [0.1, 0.15) is 27.6 Å². The highest BCUT2D eigenvalue weighted by Gasteiger charge is 2.41. The van der Waals surface area contributed by atoms with E-state index in [1.807, 2.05) is 0 Å². The minimum atomic E-state index is -3.41. The molecule has 0 amide bonds. The average Bonchev–Trinajstić information content (AvgIpc) is 2.85. The second-order valence-corrected chi connectivity index (χ2v) is 8.89. The highest BCUT2D eigenvalue weighted by Crippen LogP contribution is 2.39. The Kier molecular flexibility index (Phi) is 4.60. The Hall–Kier alpha value is -1.56. The minimum Gasteiger partial charge on any atom is -0.452 e. The second kappa shape index (κ2) is 6.39. The molecule has 7 heteroatoms. The number of benzene rings is 2. The first-order valence-electron chi connectivity index (χ1n) is 7.19. The Morgan fingerprint density at radius 2 is 1.71 bits per heavy atom.